The number of aliphatic carboxylic acids is 1. The molecule has 0 aliphatic carbocycles. The van der Waals surface area contributed by atoms with Gasteiger partial charge in [-0.3, -0.25) is 4.79 Å². The molecular formula is C12H16N2O4. The van der Waals surface area contributed by atoms with Crippen LogP contribution < -0.4 is 15.4 Å². The van der Waals surface area contributed by atoms with E-state index in [1.165, 1.54) is 0 Å². The van der Waals surface area contributed by atoms with E-state index in [0.29, 0.717) is 19.6 Å². The molecule has 0 atom stereocenters. The van der Waals surface area contributed by atoms with Crippen LogP contribution in [-0.4, -0.2) is 36.8 Å². The number of para-hydroxylation sites is 1. The molecule has 0 aliphatic heterocycles. The Kier molecular flexibility index (Phi) is 6.10. The highest BCUT2D eigenvalue weighted by Gasteiger charge is 2.01. The summed E-state index contributed by atoms with van der Waals surface area (Å²) in [6.07, 6.45) is 0.648. The Morgan fingerprint density at radius 2 is 1.89 bits per heavy atom. The van der Waals surface area contributed by atoms with E-state index in [2.05, 4.69) is 10.6 Å². The van der Waals surface area contributed by atoms with Gasteiger partial charge in [-0.05, 0) is 18.6 Å². The third kappa shape index (κ3) is 6.37. The van der Waals surface area contributed by atoms with Crippen LogP contribution in [0.25, 0.3) is 0 Å². The molecular weight excluding hydrogens is 236 g/mol. The average Bonchev–Trinajstić information content (AvgIpc) is 2.37. The van der Waals surface area contributed by atoms with Crippen molar-refractivity contribution in [3.63, 3.8) is 0 Å². The highest BCUT2D eigenvalue weighted by molar-refractivity contribution is 5.79. The van der Waals surface area contributed by atoms with E-state index in [1.54, 1.807) is 0 Å². The Bertz CT molecular complexity index is 381. The van der Waals surface area contributed by atoms with Gasteiger partial charge in [0.25, 0.3) is 0 Å². The fourth-order valence-corrected chi connectivity index (χ4v) is 1.20. The zero-order valence-electron chi connectivity index (χ0n) is 9.89. The number of amides is 2. The van der Waals surface area contributed by atoms with E-state index in [-0.39, 0.29) is 6.54 Å². The van der Waals surface area contributed by atoms with E-state index >= 15 is 0 Å². The van der Waals surface area contributed by atoms with Gasteiger partial charge >= 0.3 is 12.0 Å². The predicted octanol–water partition coefficient (Wildman–Crippen LogP) is 0.839. The molecule has 1 aromatic rings. The van der Waals surface area contributed by atoms with Crippen molar-refractivity contribution in [3.8, 4) is 5.75 Å². The Balaban J connectivity index is 2.02. The Hall–Kier alpha value is -2.24. The molecule has 6 nitrogen and oxygen atoms in total. The van der Waals surface area contributed by atoms with Crippen molar-refractivity contribution in [3.05, 3.63) is 30.3 Å². The van der Waals surface area contributed by atoms with Gasteiger partial charge in [0, 0.05) is 6.54 Å². The summed E-state index contributed by atoms with van der Waals surface area (Å²) in [6, 6.07) is 8.89. The molecule has 18 heavy (non-hydrogen) atoms. The summed E-state index contributed by atoms with van der Waals surface area (Å²) in [5, 5.41) is 13.1. The molecule has 0 saturated carbocycles. The van der Waals surface area contributed by atoms with Crippen molar-refractivity contribution < 1.29 is 19.4 Å². The normalized spacial score (nSPS) is 9.56. The molecule has 0 radical (unpaired) electrons. The molecule has 0 aromatic heterocycles. The maximum Gasteiger partial charge on any atom is 0.323 e. The van der Waals surface area contributed by atoms with Crippen LogP contribution in [0.5, 0.6) is 5.75 Å². The number of nitrogens with one attached hydrogen (secondary N) is 2. The lowest BCUT2D eigenvalue weighted by Gasteiger charge is -2.07. The van der Waals surface area contributed by atoms with E-state index in [0.717, 1.165) is 5.75 Å². The number of hydrogen-bond donors (Lipinski definition) is 3. The number of urea groups is 1. The highest BCUT2D eigenvalue weighted by atomic mass is 16.5. The SMILES string of the molecule is O=C(O)CNC(=O)NCCCOc1ccccc1. The molecule has 0 aliphatic rings. The average molecular weight is 252 g/mol. The third-order valence-electron chi connectivity index (χ3n) is 2.02. The molecule has 0 bridgehead atoms. The molecule has 98 valence electrons. The van der Waals surface area contributed by atoms with Gasteiger partial charge in [0.15, 0.2) is 0 Å². The van der Waals surface area contributed by atoms with Crippen molar-refractivity contribution in [2.24, 2.45) is 0 Å². The van der Waals surface area contributed by atoms with Crippen LogP contribution in [0.1, 0.15) is 6.42 Å². The van der Waals surface area contributed by atoms with Crippen LogP contribution in [0.15, 0.2) is 30.3 Å². The number of hydrogen-bond acceptors (Lipinski definition) is 3. The first-order valence-electron chi connectivity index (χ1n) is 5.60. The van der Waals surface area contributed by atoms with Gasteiger partial charge in [-0.2, -0.15) is 0 Å². The molecule has 0 fully saturated rings. The molecule has 0 spiro atoms. The number of carboxylic acids is 1. The molecule has 6 heteroatoms. The van der Waals surface area contributed by atoms with Crippen molar-refractivity contribution in [2.75, 3.05) is 19.7 Å². The van der Waals surface area contributed by atoms with Crippen molar-refractivity contribution in [1.82, 2.24) is 10.6 Å². The van der Waals surface area contributed by atoms with Crippen LogP contribution in [0, 0.1) is 0 Å². The summed E-state index contributed by atoms with van der Waals surface area (Å²) in [7, 11) is 0. The molecule has 3 N–H and O–H groups in total. The summed E-state index contributed by atoms with van der Waals surface area (Å²) in [4.78, 5) is 21.2. The standard InChI is InChI=1S/C12H16N2O4/c15-11(16)9-14-12(17)13-7-4-8-18-10-5-2-1-3-6-10/h1-3,5-6H,4,7-9H2,(H,15,16)(H2,13,14,17). The lowest BCUT2D eigenvalue weighted by atomic mass is 10.3. The minimum absolute atomic E-state index is 0.383. The van der Waals surface area contributed by atoms with Crippen LogP contribution in [0.3, 0.4) is 0 Å². The number of carboxylic acid groups (broad SMARTS) is 1. The quantitative estimate of drug-likeness (QED) is 0.627. The van der Waals surface area contributed by atoms with E-state index < -0.39 is 12.0 Å². The van der Waals surface area contributed by atoms with Gasteiger partial charge in [0.05, 0.1) is 6.61 Å². The Labute approximate surface area is 105 Å². The lowest BCUT2D eigenvalue weighted by molar-refractivity contribution is -0.135. The second-order valence-corrected chi connectivity index (χ2v) is 3.52. The minimum Gasteiger partial charge on any atom is -0.494 e. The zero-order valence-corrected chi connectivity index (χ0v) is 9.89. The van der Waals surface area contributed by atoms with Crippen molar-refractivity contribution >= 4 is 12.0 Å². The smallest absolute Gasteiger partial charge is 0.323 e. The largest absolute Gasteiger partial charge is 0.494 e. The topological polar surface area (TPSA) is 87.7 Å². The van der Waals surface area contributed by atoms with Gasteiger partial charge in [-0.25, -0.2) is 4.79 Å². The van der Waals surface area contributed by atoms with Crippen LogP contribution in [0.2, 0.25) is 0 Å². The highest BCUT2D eigenvalue weighted by Crippen LogP contribution is 2.07. The summed E-state index contributed by atoms with van der Waals surface area (Å²) in [6.45, 7) is 0.536. The summed E-state index contributed by atoms with van der Waals surface area (Å²) in [5.74, 6) is -0.287. The first-order valence-corrected chi connectivity index (χ1v) is 5.60. The summed E-state index contributed by atoms with van der Waals surface area (Å²) >= 11 is 0. The zero-order chi connectivity index (χ0) is 13.2. The van der Waals surface area contributed by atoms with Gasteiger partial charge in [0.2, 0.25) is 0 Å². The van der Waals surface area contributed by atoms with Gasteiger partial charge < -0.3 is 20.5 Å². The van der Waals surface area contributed by atoms with Crippen LogP contribution >= 0.6 is 0 Å². The second kappa shape index (κ2) is 7.94. The van der Waals surface area contributed by atoms with E-state index in [9.17, 15) is 9.59 Å². The third-order valence-corrected chi connectivity index (χ3v) is 2.02. The maximum atomic E-state index is 11.1. The van der Waals surface area contributed by atoms with E-state index in [1.807, 2.05) is 30.3 Å². The van der Waals surface area contributed by atoms with Gasteiger partial charge in [-0.1, -0.05) is 18.2 Å². The monoisotopic (exact) mass is 252 g/mol. The first kappa shape index (κ1) is 13.8. The maximum absolute atomic E-state index is 11.1. The first-order chi connectivity index (χ1) is 8.68. The predicted molar refractivity (Wildman–Crippen MR) is 65.6 cm³/mol. The molecule has 0 unspecified atom stereocenters. The van der Waals surface area contributed by atoms with Gasteiger partial charge in [-0.15, -0.1) is 0 Å². The van der Waals surface area contributed by atoms with E-state index in [4.69, 9.17) is 9.84 Å². The minimum atomic E-state index is -1.07. The Morgan fingerprint density at radius 1 is 1.17 bits per heavy atom. The van der Waals surface area contributed by atoms with Crippen molar-refractivity contribution in [1.29, 1.82) is 0 Å². The Morgan fingerprint density at radius 3 is 2.56 bits per heavy atom. The van der Waals surface area contributed by atoms with Crippen molar-refractivity contribution in [2.45, 2.75) is 6.42 Å². The van der Waals surface area contributed by atoms with Crippen LogP contribution in [0.4, 0.5) is 4.79 Å². The number of carbonyl (C=O) groups excluding carboxylic acids is 1. The molecule has 1 aromatic carbocycles. The number of benzene rings is 1. The number of ether oxygens (including phenoxy) is 1. The molecule has 0 heterocycles. The van der Waals surface area contributed by atoms with Gasteiger partial charge in [0.1, 0.15) is 12.3 Å². The fraction of sp³-hybridized carbons (Fsp3) is 0.333. The number of carbonyl (C=O) groups is 2. The summed E-state index contributed by atoms with van der Waals surface area (Å²) in [5.41, 5.74) is 0. The fourth-order valence-electron chi connectivity index (χ4n) is 1.20. The van der Waals surface area contributed by atoms with Crippen LogP contribution in [-0.2, 0) is 4.79 Å². The summed E-state index contributed by atoms with van der Waals surface area (Å²) < 4.78 is 5.42. The molecule has 0 saturated heterocycles. The lowest BCUT2D eigenvalue weighted by Crippen LogP contribution is -2.39. The second-order valence-electron chi connectivity index (χ2n) is 3.52. The number of rotatable bonds is 7. The molecule has 1 rings (SSSR count). The molecule has 2 amide bonds.